The van der Waals surface area contributed by atoms with Gasteiger partial charge in [0.2, 0.25) is 0 Å². The number of ether oxygens (including phenoxy) is 2. The van der Waals surface area contributed by atoms with Crippen LogP contribution in [0.15, 0.2) is 30.6 Å². The average molecular weight is 276 g/mol. The number of carbonyl (C=O) groups excluding carboxylic acids is 1. The topological polar surface area (TPSA) is 92.3 Å². The highest BCUT2D eigenvalue weighted by Crippen LogP contribution is 2.21. The minimum Gasteiger partial charge on any atom is -0.497 e. The lowest BCUT2D eigenvalue weighted by Crippen LogP contribution is -2.21. The molecule has 0 fully saturated rings. The first-order valence-corrected chi connectivity index (χ1v) is 6.03. The number of carbonyl (C=O) groups is 1. The summed E-state index contributed by atoms with van der Waals surface area (Å²) >= 11 is 0. The van der Waals surface area contributed by atoms with Gasteiger partial charge in [-0.3, -0.25) is 0 Å². The molecule has 7 heteroatoms. The molecule has 0 aliphatic rings. The van der Waals surface area contributed by atoms with Crippen LogP contribution in [0.4, 0.5) is 0 Å². The van der Waals surface area contributed by atoms with E-state index in [-0.39, 0.29) is 11.9 Å². The lowest BCUT2D eigenvalue weighted by molar-refractivity contribution is 0.0586. The summed E-state index contributed by atoms with van der Waals surface area (Å²) in [5.74, 6) is 0.160. The first kappa shape index (κ1) is 14.0. The molecule has 2 N–H and O–H groups in total. The second kappa shape index (κ2) is 6.16. The Morgan fingerprint density at radius 1 is 1.45 bits per heavy atom. The fraction of sp³-hybridized carbons (Fsp3) is 0.308. The van der Waals surface area contributed by atoms with Crippen molar-refractivity contribution in [2.24, 2.45) is 5.73 Å². The predicted octanol–water partition coefficient (Wildman–Crippen LogP) is 0.621. The molecule has 20 heavy (non-hydrogen) atoms. The van der Waals surface area contributed by atoms with Crippen LogP contribution in [0.1, 0.15) is 22.2 Å². The third-order valence-corrected chi connectivity index (χ3v) is 2.90. The number of benzene rings is 1. The molecule has 0 bridgehead atoms. The van der Waals surface area contributed by atoms with E-state index in [4.69, 9.17) is 10.5 Å². The summed E-state index contributed by atoms with van der Waals surface area (Å²) in [6.45, 7) is 0.317. The summed E-state index contributed by atoms with van der Waals surface area (Å²) in [7, 11) is 2.88. The highest BCUT2D eigenvalue weighted by Gasteiger charge is 2.18. The average Bonchev–Trinajstić information content (AvgIpc) is 2.97. The zero-order valence-corrected chi connectivity index (χ0v) is 11.3. The number of aromatic nitrogens is 3. The Bertz CT molecular complexity index is 597. The summed E-state index contributed by atoms with van der Waals surface area (Å²) in [5, 5.41) is 4.09. The molecule has 0 aliphatic carbocycles. The first-order chi connectivity index (χ1) is 9.69. The molecule has 1 heterocycles. The van der Waals surface area contributed by atoms with Gasteiger partial charge in [-0.05, 0) is 17.7 Å². The van der Waals surface area contributed by atoms with Crippen molar-refractivity contribution < 1.29 is 14.3 Å². The summed E-state index contributed by atoms with van der Waals surface area (Å²) in [5.41, 5.74) is 6.72. The fourth-order valence-electron chi connectivity index (χ4n) is 1.86. The largest absolute Gasteiger partial charge is 0.497 e. The molecule has 0 spiro atoms. The number of nitrogens with zero attached hydrogens (tertiary/aromatic N) is 3. The Morgan fingerprint density at radius 2 is 2.25 bits per heavy atom. The van der Waals surface area contributed by atoms with Crippen molar-refractivity contribution in [3.63, 3.8) is 0 Å². The van der Waals surface area contributed by atoms with Gasteiger partial charge in [0.05, 0.1) is 20.3 Å². The van der Waals surface area contributed by atoms with E-state index in [9.17, 15) is 4.79 Å². The minimum absolute atomic E-state index is 0.00819. The maximum atomic E-state index is 11.4. The quantitative estimate of drug-likeness (QED) is 0.805. The van der Waals surface area contributed by atoms with Gasteiger partial charge in [0.25, 0.3) is 5.82 Å². The molecule has 1 unspecified atom stereocenters. The summed E-state index contributed by atoms with van der Waals surface area (Å²) in [4.78, 5) is 15.3. The number of rotatable bonds is 5. The third kappa shape index (κ3) is 2.77. The van der Waals surface area contributed by atoms with E-state index >= 15 is 0 Å². The summed E-state index contributed by atoms with van der Waals surface area (Å²) in [6.07, 6.45) is 1.46. The van der Waals surface area contributed by atoms with Crippen LogP contribution in [-0.4, -0.2) is 41.5 Å². The van der Waals surface area contributed by atoms with E-state index in [0.717, 1.165) is 11.3 Å². The molecule has 2 aromatic rings. The van der Waals surface area contributed by atoms with Crippen LogP contribution in [0.25, 0.3) is 0 Å². The number of hydrogen-bond acceptors (Lipinski definition) is 6. The van der Waals surface area contributed by atoms with Gasteiger partial charge in [-0.1, -0.05) is 12.1 Å². The highest BCUT2D eigenvalue weighted by atomic mass is 16.5. The highest BCUT2D eigenvalue weighted by molar-refractivity contribution is 5.84. The Kier molecular flexibility index (Phi) is 4.31. The van der Waals surface area contributed by atoms with Crippen molar-refractivity contribution in [1.29, 1.82) is 0 Å². The molecule has 1 atom stereocenters. The fourth-order valence-corrected chi connectivity index (χ4v) is 1.86. The molecule has 0 saturated carbocycles. The Labute approximate surface area is 116 Å². The van der Waals surface area contributed by atoms with Crippen LogP contribution < -0.4 is 10.5 Å². The van der Waals surface area contributed by atoms with Crippen molar-refractivity contribution in [2.45, 2.75) is 6.04 Å². The van der Waals surface area contributed by atoms with Crippen LogP contribution in [-0.2, 0) is 4.74 Å². The van der Waals surface area contributed by atoms with Gasteiger partial charge in [0.1, 0.15) is 12.1 Å². The van der Waals surface area contributed by atoms with Gasteiger partial charge in [-0.25, -0.2) is 14.5 Å². The van der Waals surface area contributed by atoms with E-state index in [1.54, 1.807) is 11.8 Å². The van der Waals surface area contributed by atoms with Gasteiger partial charge >= 0.3 is 5.97 Å². The smallest absolute Gasteiger partial charge is 0.377 e. The standard InChI is InChI=1S/C13H16N4O3/c1-19-10-5-3-4-9(6-10)11(7-14)17-8-15-12(16-17)13(18)20-2/h3-6,8,11H,7,14H2,1-2H3. The van der Waals surface area contributed by atoms with Gasteiger partial charge in [0.15, 0.2) is 0 Å². The van der Waals surface area contributed by atoms with Crippen LogP contribution in [0.3, 0.4) is 0 Å². The molecule has 7 nitrogen and oxygen atoms in total. The Balaban J connectivity index is 2.31. The van der Waals surface area contributed by atoms with E-state index in [2.05, 4.69) is 14.8 Å². The molecular formula is C13H16N4O3. The predicted molar refractivity (Wildman–Crippen MR) is 71.5 cm³/mol. The number of esters is 1. The first-order valence-electron chi connectivity index (χ1n) is 6.03. The zero-order valence-electron chi connectivity index (χ0n) is 11.3. The molecule has 0 amide bonds. The Hall–Kier alpha value is -2.41. The normalized spacial score (nSPS) is 11.9. The number of methoxy groups -OCH3 is 2. The summed E-state index contributed by atoms with van der Waals surface area (Å²) < 4.78 is 11.3. The lowest BCUT2D eigenvalue weighted by atomic mass is 10.1. The summed E-state index contributed by atoms with van der Waals surface area (Å²) in [6, 6.07) is 7.28. The lowest BCUT2D eigenvalue weighted by Gasteiger charge is -2.15. The van der Waals surface area contributed by atoms with Gasteiger partial charge in [0, 0.05) is 6.54 Å². The van der Waals surface area contributed by atoms with Gasteiger partial charge in [-0.15, -0.1) is 5.10 Å². The maximum Gasteiger partial charge on any atom is 0.377 e. The van der Waals surface area contributed by atoms with E-state index in [1.807, 2.05) is 24.3 Å². The van der Waals surface area contributed by atoms with Crippen molar-refractivity contribution in [1.82, 2.24) is 14.8 Å². The van der Waals surface area contributed by atoms with Crippen molar-refractivity contribution in [3.05, 3.63) is 42.0 Å². The van der Waals surface area contributed by atoms with E-state index in [0.29, 0.717) is 6.54 Å². The zero-order chi connectivity index (χ0) is 14.5. The van der Waals surface area contributed by atoms with E-state index < -0.39 is 5.97 Å². The minimum atomic E-state index is -0.579. The van der Waals surface area contributed by atoms with Crippen LogP contribution >= 0.6 is 0 Å². The Morgan fingerprint density at radius 3 is 2.90 bits per heavy atom. The van der Waals surface area contributed by atoms with Crippen LogP contribution in [0.2, 0.25) is 0 Å². The van der Waals surface area contributed by atoms with Gasteiger partial charge in [-0.2, -0.15) is 0 Å². The second-order valence-corrected chi connectivity index (χ2v) is 4.07. The number of hydrogen-bond donors (Lipinski definition) is 1. The molecule has 0 radical (unpaired) electrons. The van der Waals surface area contributed by atoms with Crippen molar-refractivity contribution in [2.75, 3.05) is 20.8 Å². The monoisotopic (exact) mass is 276 g/mol. The molecule has 0 saturated heterocycles. The van der Waals surface area contributed by atoms with Crippen LogP contribution in [0.5, 0.6) is 5.75 Å². The van der Waals surface area contributed by atoms with Crippen molar-refractivity contribution in [3.8, 4) is 5.75 Å². The van der Waals surface area contributed by atoms with E-state index in [1.165, 1.54) is 13.4 Å². The molecule has 1 aromatic carbocycles. The SMILES string of the molecule is COC(=O)c1ncn(C(CN)c2cccc(OC)c2)n1. The molecule has 0 aliphatic heterocycles. The molecule has 1 aromatic heterocycles. The molecule has 2 rings (SSSR count). The third-order valence-electron chi connectivity index (χ3n) is 2.90. The molecule has 106 valence electrons. The van der Waals surface area contributed by atoms with Crippen LogP contribution in [0, 0.1) is 0 Å². The molecular weight excluding hydrogens is 260 g/mol. The van der Waals surface area contributed by atoms with Crippen molar-refractivity contribution >= 4 is 5.97 Å². The van der Waals surface area contributed by atoms with Gasteiger partial charge < -0.3 is 15.2 Å². The number of nitrogens with two attached hydrogens (primary N) is 1. The second-order valence-electron chi connectivity index (χ2n) is 4.07. The maximum absolute atomic E-state index is 11.4.